The van der Waals surface area contributed by atoms with Crippen LogP contribution < -0.4 is 16.8 Å². The highest BCUT2D eigenvalue weighted by Gasteiger charge is 2.51. The fourth-order valence-corrected chi connectivity index (χ4v) is 5.29. The largest absolute Gasteiger partial charge is 0.399 e. The van der Waals surface area contributed by atoms with Crippen molar-refractivity contribution in [1.82, 2.24) is 0 Å². The number of hydrogen-bond acceptors (Lipinski definition) is 3. The van der Waals surface area contributed by atoms with E-state index in [0.29, 0.717) is 11.6 Å². The molecule has 3 rings (SSSR count). The Morgan fingerprint density at radius 1 is 1.36 bits per heavy atom. The number of nitrogens with one attached hydrogen (secondary N) is 1. The van der Waals surface area contributed by atoms with Gasteiger partial charge < -0.3 is 16.8 Å². The van der Waals surface area contributed by atoms with Crippen LogP contribution in [0.2, 0.25) is 0 Å². The fourth-order valence-electron chi connectivity index (χ4n) is 5.29. The van der Waals surface area contributed by atoms with Crippen molar-refractivity contribution in [3.05, 3.63) is 46.5 Å². The first-order valence-corrected chi connectivity index (χ1v) is 9.49. The molecule has 1 aliphatic heterocycles. The zero-order valence-corrected chi connectivity index (χ0v) is 16.4. The Morgan fingerprint density at radius 3 is 2.64 bits per heavy atom. The zero-order valence-electron chi connectivity index (χ0n) is 16.4. The van der Waals surface area contributed by atoms with Crippen LogP contribution >= 0.6 is 0 Å². The second-order valence-electron chi connectivity index (χ2n) is 8.60. The maximum atomic E-state index is 7.15. The second-order valence-corrected chi connectivity index (χ2v) is 8.60. The van der Waals surface area contributed by atoms with Gasteiger partial charge in [0.25, 0.3) is 0 Å². The molecule has 136 valence electrons. The second kappa shape index (κ2) is 5.91. The summed E-state index contributed by atoms with van der Waals surface area (Å²) in [7, 11) is 0. The first-order chi connectivity index (χ1) is 11.6. The summed E-state index contributed by atoms with van der Waals surface area (Å²) in [5.41, 5.74) is 20.8. The predicted molar refractivity (Wildman–Crippen MR) is 108 cm³/mol. The Hall–Kier alpha value is -1.74. The molecule has 1 aromatic rings. The monoisotopic (exact) mass is 339 g/mol. The maximum absolute atomic E-state index is 7.15. The van der Waals surface area contributed by atoms with Gasteiger partial charge >= 0.3 is 0 Å². The van der Waals surface area contributed by atoms with Crippen molar-refractivity contribution in [3.63, 3.8) is 0 Å². The van der Waals surface area contributed by atoms with Crippen molar-refractivity contribution in [2.24, 2.45) is 17.4 Å². The average molecular weight is 340 g/mol. The van der Waals surface area contributed by atoms with E-state index in [1.165, 1.54) is 28.0 Å². The van der Waals surface area contributed by atoms with E-state index >= 15 is 0 Å². The van der Waals surface area contributed by atoms with Gasteiger partial charge in [-0.1, -0.05) is 31.6 Å². The van der Waals surface area contributed by atoms with Gasteiger partial charge in [-0.05, 0) is 64.2 Å². The first kappa shape index (κ1) is 18.1. The molecule has 0 bridgehead atoms. The molecule has 0 saturated heterocycles. The summed E-state index contributed by atoms with van der Waals surface area (Å²) >= 11 is 0. The molecule has 0 spiro atoms. The molecule has 1 aliphatic carbocycles. The molecule has 5 N–H and O–H groups in total. The third-order valence-corrected chi connectivity index (χ3v) is 6.15. The lowest BCUT2D eigenvalue weighted by Crippen LogP contribution is -2.60. The molecule has 0 radical (unpaired) electrons. The number of nitrogens with two attached hydrogens (primary N) is 2. The summed E-state index contributed by atoms with van der Waals surface area (Å²) in [6.07, 6.45) is 6.61. The molecule has 2 aliphatic rings. The molecule has 0 fully saturated rings. The van der Waals surface area contributed by atoms with E-state index in [9.17, 15) is 0 Å². The smallest absolute Gasteiger partial charge is 0.0672 e. The van der Waals surface area contributed by atoms with Crippen molar-refractivity contribution in [1.29, 1.82) is 0 Å². The standard InChI is InChI=1S/C22H33N3/c1-7-8-16-11-17-20(14(3)19(16)15(4)23)22(24)12-13(2)9-10-18(22)21(5,6)25-17/h11-12,18,25H,4,7-10,23-24H2,1-3,5-6H3/t18-,22?/m0/s1. The molecule has 0 saturated carbocycles. The van der Waals surface area contributed by atoms with Crippen LogP contribution in [0, 0.1) is 12.8 Å². The minimum atomic E-state index is -0.453. The van der Waals surface area contributed by atoms with E-state index in [4.69, 9.17) is 11.5 Å². The van der Waals surface area contributed by atoms with Gasteiger partial charge in [-0.3, -0.25) is 0 Å². The third kappa shape index (κ3) is 2.69. The molecule has 0 amide bonds. The Bertz CT molecular complexity index is 757. The summed E-state index contributed by atoms with van der Waals surface area (Å²) in [6, 6.07) is 2.27. The molecule has 2 atom stereocenters. The van der Waals surface area contributed by atoms with Gasteiger partial charge in [0.2, 0.25) is 0 Å². The molecule has 1 heterocycles. The lowest BCUT2D eigenvalue weighted by atomic mass is 9.60. The van der Waals surface area contributed by atoms with E-state index in [-0.39, 0.29) is 5.54 Å². The van der Waals surface area contributed by atoms with E-state index in [1.807, 2.05) is 0 Å². The van der Waals surface area contributed by atoms with Crippen molar-refractivity contribution < 1.29 is 0 Å². The van der Waals surface area contributed by atoms with E-state index in [0.717, 1.165) is 31.2 Å². The molecule has 3 nitrogen and oxygen atoms in total. The van der Waals surface area contributed by atoms with Crippen LogP contribution in [-0.4, -0.2) is 5.54 Å². The van der Waals surface area contributed by atoms with Crippen LogP contribution in [-0.2, 0) is 12.0 Å². The predicted octanol–water partition coefficient (Wildman–Crippen LogP) is 4.59. The van der Waals surface area contributed by atoms with Crippen molar-refractivity contribution in [3.8, 4) is 0 Å². The highest BCUT2D eigenvalue weighted by molar-refractivity contribution is 5.76. The quantitative estimate of drug-likeness (QED) is 0.706. The van der Waals surface area contributed by atoms with Crippen molar-refractivity contribution in [2.75, 3.05) is 5.32 Å². The highest BCUT2D eigenvalue weighted by Crippen LogP contribution is 2.52. The van der Waals surface area contributed by atoms with Crippen LogP contribution in [0.4, 0.5) is 5.69 Å². The van der Waals surface area contributed by atoms with Crippen LogP contribution in [0.5, 0.6) is 0 Å². The van der Waals surface area contributed by atoms with Crippen LogP contribution in [0.25, 0.3) is 5.70 Å². The third-order valence-electron chi connectivity index (χ3n) is 6.15. The van der Waals surface area contributed by atoms with Gasteiger partial charge in [0.05, 0.1) is 5.54 Å². The van der Waals surface area contributed by atoms with Gasteiger partial charge in [-0.25, -0.2) is 0 Å². The van der Waals surface area contributed by atoms with Crippen molar-refractivity contribution in [2.45, 2.75) is 71.4 Å². The molecular weight excluding hydrogens is 306 g/mol. The lowest BCUT2D eigenvalue weighted by Gasteiger charge is -2.54. The van der Waals surface area contributed by atoms with Crippen molar-refractivity contribution >= 4 is 11.4 Å². The summed E-state index contributed by atoms with van der Waals surface area (Å²) in [6.45, 7) is 15.2. The van der Waals surface area contributed by atoms with E-state index in [1.54, 1.807) is 0 Å². The lowest BCUT2D eigenvalue weighted by molar-refractivity contribution is 0.196. The van der Waals surface area contributed by atoms with Gasteiger partial charge in [0.1, 0.15) is 0 Å². The Labute approximate surface area is 152 Å². The number of allylic oxidation sites excluding steroid dienone is 1. The Kier molecular flexibility index (Phi) is 4.27. The van der Waals surface area contributed by atoms with Crippen LogP contribution in [0.15, 0.2) is 24.3 Å². The summed E-state index contributed by atoms with van der Waals surface area (Å²) in [5, 5.41) is 3.80. The van der Waals surface area contributed by atoms with Gasteiger partial charge in [0.15, 0.2) is 0 Å². The topological polar surface area (TPSA) is 64.1 Å². The molecule has 0 aromatic heterocycles. The first-order valence-electron chi connectivity index (χ1n) is 9.49. The normalized spacial score (nSPS) is 27.0. The molecular formula is C22H33N3. The number of anilines is 1. The fraction of sp³-hybridized carbons (Fsp3) is 0.545. The minimum Gasteiger partial charge on any atom is -0.399 e. The van der Waals surface area contributed by atoms with Gasteiger partial charge in [0, 0.05) is 34.0 Å². The zero-order chi connectivity index (χ0) is 18.6. The molecule has 1 unspecified atom stereocenters. The van der Waals surface area contributed by atoms with E-state index < -0.39 is 5.54 Å². The summed E-state index contributed by atoms with van der Waals surface area (Å²) in [5.74, 6) is 0.353. The summed E-state index contributed by atoms with van der Waals surface area (Å²) < 4.78 is 0. The highest BCUT2D eigenvalue weighted by atomic mass is 15.0. The number of fused-ring (bicyclic) bond motifs is 3. The minimum absolute atomic E-state index is 0.0455. The van der Waals surface area contributed by atoms with Crippen LogP contribution in [0.1, 0.15) is 69.2 Å². The van der Waals surface area contributed by atoms with Crippen LogP contribution in [0.3, 0.4) is 0 Å². The average Bonchev–Trinajstić information content (AvgIpc) is 2.44. The summed E-state index contributed by atoms with van der Waals surface area (Å²) in [4.78, 5) is 0. The number of hydrogen-bond donors (Lipinski definition) is 3. The SMILES string of the molecule is C=C(N)c1c(CCC)cc2c(c1C)C1(N)C=C(C)CC[C@H]1C(C)(C)N2. The Balaban J connectivity index is 2.34. The molecule has 3 heteroatoms. The number of rotatable bonds is 3. The Morgan fingerprint density at radius 2 is 2.04 bits per heavy atom. The van der Waals surface area contributed by atoms with Gasteiger partial charge in [-0.15, -0.1) is 0 Å². The molecule has 25 heavy (non-hydrogen) atoms. The number of aryl methyl sites for hydroxylation is 1. The van der Waals surface area contributed by atoms with E-state index in [2.05, 4.69) is 58.7 Å². The maximum Gasteiger partial charge on any atom is 0.0672 e. The molecule has 1 aromatic carbocycles. The number of benzene rings is 1. The van der Waals surface area contributed by atoms with Gasteiger partial charge in [-0.2, -0.15) is 0 Å².